The van der Waals surface area contributed by atoms with E-state index in [1.54, 1.807) is 24.3 Å². The van der Waals surface area contributed by atoms with Gasteiger partial charge in [-0.1, -0.05) is 35.2 Å². The number of alkyl halides is 1. The lowest BCUT2D eigenvalue weighted by atomic mass is 9.83. The molecule has 0 aromatic heterocycles. The number of Topliss-reactive ketones (excluding diaryl/α,β-unsaturated/α-hetero) is 1. The molecule has 1 aromatic carbocycles. The molecule has 13 heteroatoms. The van der Waals surface area contributed by atoms with Crippen molar-refractivity contribution in [3.8, 4) is 0 Å². The first-order chi connectivity index (χ1) is 18.2. The van der Waals surface area contributed by atoms with Crippen molar-refractivity contribution in [3.63, 3.8) is 0 Å². The predicted octanol–water partition coefficient (Wildman–Crippen LogP) is 0.682. The summed E-state index contributed by atoms with van der Waals surface area (Å²) in [6, 6.07) is 3.13. The molecule has 1 aliphatic rings. The second kappa shape index (κ2) is 16.0. The minimum absolute atomic E-state index is 0.0608. The number of carbonyl (C=O) groups is 4. The van der Waals surface area contributed by atoms with E-state index in [1.165, 1.54) is 0 Å². The monoisotopic (exact) mass is 598 g/mol. The van der Waals surface area contributed by atoms with E-state index < -0.39 is 54.9 Å². The predicted molar refractivity (Wildman–Crippen MR) is 144 cm³/mol. The Morgan fingerprint density at radius 3 is 2.21 bits per heavy atom. The number of amides is 3. The Morgan fingerprint density at radius 1 is 1.00 bits per heavy atom. The fourth-order valence-corrected chi connectivity index (χ4v) is 4.59. The summed E-state index contributed by atoms with van der Waals surface area (Å²) in [6.07, 6.45) is 4.62. The highest BCUT2D eigenvalue weighted by Crippen LogP contribution is 2.27. The van der Waals surface area contributed by atoms with E-state index in [2.05, 4.69) is 36.9 Å². The highest BCUT2D eigenvalue weighted by Gasteiger charge is 2.34. The number of nitrogens with one attached hydrogen (secondary N) is 3. The van der Waals surface area contributed by atoms with E-state index in [4.69, 9.17) is 11.5 Å². The quantitative estimate of drug-likeness (QED) is 0.103. The maximum Gasteiger partial charge on any atom is 0.251 e. The number of nitrogens with two attached hydrogens (primary N) is 2. The first-order valence-corrected chi connectivity index (χ1v) is 13.4. The number of aliphatic imine (C=N–C) groups is 1. The molecule has 210 valence electrons. The average molecular weight is 600 g/mol. The molecule has 3 amide bonds. The molecule has 0 heterocycles. The number of benzene rings is 1. The highest BCUT2D eigenvalue weighted by atomic mass is 79.9. The standard InChI is InChI=1S/C25H36BrFN6O5/c26-17-10-8-16(9-11-17)22(36)33-21(15-5-2-1-3-6-15)24(38)32-19(14-34)23(37)31-18(20(35)13-27)7-4-12-30-25(28)29/h8-11,15,18-19,21,34H,1-7,12-14H2,(H,31,37)(H,32,38)(H,33,36)(H4,28,29,30)/t18-,19-,21-/m0/s1. The molecule has 11 nitrogen and oxygen atoms in total. The Hall–Kier alpha value is -3.06. The number of aliphatic hydroxyl groups is 1. The third-order valence-corrected chi connectivity index (χ3v) is 6.92. The number of guanidine groups is 1. The molecule has 2 rings (SSSR count). The van der Waals surface area contributed by atoms with Crippen LogP contribution >= 0.6 is 15.9 Å². The Bertz CT molecular complexity index is 983. The maximum atomic E-state index is 13.3. The summed E-state index contributed by atoms with van der Waals surface area (Å²) in [4.78, 5) is 54.8. The van der Waals surface area contributed by atoms with Gasteiger partial charge in [0.05, 0.1) is 12.6 Å². The number of halogens is 2. The van der Waals surface area contributed by atoms with Crippen LogP contribution in [0.2, 0.25) is 0 Å². The second-order valence-electron chi connectivity index (χ2n) is 9.21. The van der Waals surface area contributed by atoms with Crippen LogP contribution in [0.1, 0.15) is 55.3 Å². The summed E-state index contributed by atoms with van der Waals surface area (Å²) in [7, 11) is 0. The van der Waals surface area contributed by atoms with Crippen molar-refractivity contribution in [3.05, 3.63) is 34.3 Å². The molecule has 8 N–H and O–H groups in total. The first-order valence-electron chi connectivity index (χ1n) is 12.6. The van der Waals surface area contributed by atoms with Crippen molar-refractivity contribution in [2.75, 3.05) is 19.8 Å². The van der Waals surface area contributed by atoms with E-state index in [-0.39, 0.29) is 31.3 Å². The third kappa shape index (κ3) is 10.0. The summed E-state index contributed by atoms with van der Waals surface area (Å²) in [5.74, 6) is -3.06. The van der Waals surface area contributed by atoms with Crippen molar-refractivity contribution in [1.82, 2.24) is 16.0 Å². The minimum Gasteiger partial charge on any atom is -0.394 e. The van der Waals surface area contributed by atoms with E-state index in [9.17, 15) is 28.7 Å². The van der Waals surface area contributed by atoms with Gasteiger partial charge in [0.15, 0.2) is 11.7 Å². The normalized spacial score (nSPS) is 16.0. The van der Waals surface area contributed by atoms with Crippen molar-refractivity contribution < 1.29 is 28.7 Å². The van der Waals surface area contributed by atoms with Crippen LogP contribution in [0, 0.1) is 5.92 Å². The van der Waals surface area contributed by atoms with Crippen LogP contribution in [0.3, 0.4) is 0 Å². The van der Waals surface area contributed by atoms with E-state index in [1.807, 2.05) is 0 Å². The molecule has 0 spiro atoms. The molecule has 1 saturated carbocycles. The van der Waals surface area contributed by atoms with Gasteiger partial charge >= 0.3 is 0 Å². The Kier molecular flexibility index (Phi) is 13.1. The highest BCUT2D eigenvalue weighted by molar-refractivity contribution is 9.10. The van der Waals surface area contributed by atoms with Gasteiger partial charge in [0.25, 0.3) is 5.91 Å². The molecule has 38 heavy (non-hydrogen) atoms. The Balaban J connectivity index is 2.10. The number of rotatable bonds is 14. The van der Waals surface area contributed by atoms with Crippen molar-refractivity contribution >= 4 is 45.4 Å². The van der Waals surface area contributed by atoms with Crippen LogP contribution in [0.15, 0.2) is 33.7 Å². The van der Waals surface area contributed by atoms with Gasteiger partial charge in [-0.3, -0.25) is 24.2 Å². The molecule has 1 aromatic rings. The number of hydrogen-bond donors (Lipinski definition) is 6. The van der Waals surface area contributed by atoms with Crippen molar-refractivity contribution in [1.29, 1.82) is 0 Å². The van der Waals surface area contributed by atoms with Crippen LogP contribution in [-0.2, 0) is 14.4 Å². The summed E-state index contributed by atoms with van der Waals surface area (Å²) >= 11 is 3.32. The first kappa shape index (κ1) is 31.2. The molecule has 0 unspecified atom stereocenters. The Morgan fingerprint density at radius 2 is 1.63 bits per heavy atom. The summed E-state index contributed by atoms with van der Waals surface area (Å²) < 4.78 is 13.9. The zero-order valence-electron chi connectivity index (χ0n) is 21.1. The summed E-state index contributed by atoms with van der Waals surface area (Å²) in [5, 5.41) is 17.5. The molecule has 3 atom stereocenters. The molecular formula is C25H36BrFN6O5. The van der Waals surface area contributed by atoms with E-state index in [0.29, 0.717) is 5.56 Å². The van der Waals surface area contributed by atoms with Gasteiger partial charge in [-0.2, -0.15) is 0 Å². The number of nitrogens with zero attached hydrogens (tertiary/aromatic N) is 1. The number of hydrogen-bond acceptors (Lipinski definition) is 6. The molecule has 1 aliphatic carbocycles. The van der Waals surface area contributed by atoms with Gasteiger partial charge in [-0.15, -0.1) is 0 Å². The van der Waals surface area contributed by atoms with E-state index >= 15 is 0 Å². The zero-order chi connectivity index (χ0) is 28.1. The molecule has 0 aliphatic heterocycles. The van der Waals surface area contributed by atoms with Crippen LogP contribution in [0.4, 0.5) is 4.39 Å². The fraction of sp³-hybridized carbons (Fsp3) is 0.560. The van der Waals surface area contributed by atoms with Crippen LogP contribution in [-0.4, -0.2) is 72.5 Å². The molecule has 0 radical (unpaired) electrons. The van der Waals surface area contributed by atoms with E-state index in [0.717, 1.165) is 36.6 Å². The maximum absolute atomic E-state index is 13.3. The lowest BCUT2D eigenvalue weighted by Crippen LogP contribution is -2.58. The summed E-state index contributed by atoms with van der Waals surface area (Å²) in [5.41, 5.74) is 10.9. The topological polar surface area (TPSA) is 189 Å². The molecule has 0 saturated heterocycles. The third-order valence-electron chi connectivity index (χ3n) is 6.39. The number of ketones is 1. The molecule has 0 bridgehead atoms. The van der Waals surface area contributed by atoms with Crippen LogP contribution in [0.5, 0.6) is 0 Å². The zero-order valence-corrected chi connectivity index (χ0v) is 22.7. The van der Waals surface area contributed by atoms with Gasteiger partial charge in [-0.25, -0.2) is 4.39 Å². The average Bonchev–Trinajstić information content (AvgIpc) is 2.91. The second-order valence-corrected chi connectivity index (χ2v) is 10.1. The van der Waals surface area contributed by atoms with Gasteiger partial charge in [-0.05, 0) is 55.9 Å². The van der Waals surface area contributed by atoms with Gasteiger partial charge in [0.1, 0.15) is 18.8 Å². The number of carbonyl (C=O) groups excluding carboxylic acids is 4. The smallest absolute Gasteiger partial charge is 0.251 e. The largest absolute Gasteiger partial charge is 0.394 e. The Labute approximate surface area is 229 Å². The number of aliphatic hydroxyl groups excluding tert-OH is 1. The molecular weight excluding hydrogens is 563 g/mol. The lowest BCUT2D eigenvalue weighted by molar-refractivity contribution is -0.133. The molecule has 1 fully saturated rings. The van der Waals surface area contributed by atoms with Gasteiger partial charge in [0.2, 0.25) is 11.8 Å². The fourth-order valence-electron chi connectivity index (χ4n) is 4.33. The van der Waals surface area contributed by atoms with Crippen LogP contribution in [0.25, 0.3) is 0 Å². The van der Waals surface area contributed by atoms with Crippen molar-refractivity contribution in [2.45, 2.75) is 63.1 Å². The summed E-state index contributed by atoms with van der Waals surface area (Å²) in [6.45, 7) is -1.88. The van der Waals surface area contributed by atoms with Gasteiger partial charge < -0.3 is 32.5 Å². The van der Waals surface area contributed by atoms with Crippen LogP contribution < -0.4 is 27.4 Å². The van der Waals surface area contributed by atoms with Crippen molar-refractivity contribution in [2.24, 2.45) is 22.4 Å². The minimum atomic E-state index is -1.41. The SMILES string of the molecule is NC(N)=NCCC[C@H](NC(=O)[C@H](CO)NC(=O)[C@@H](NC(=O)c1ccc(Br)cc1)C1CCCCC1)C(=O)CF. The lowest BCUT2D eigenvalue weighted by Gasteiger charge is -2.31. The van der Waals surface area contributed by atoms with Gasteiger partial charge in [0, 0.05) is 16.6 Å².